The molecule has 0 aliphatic heterocycles. The fourth-order valence-electron chi connectivity index (χ4n) is 1.60. The number of benzene rings is 2. The number of carbonyl (C=O) groups is 1. The molecule has 18 heavy (non-hydrogen) atoms. The third-order valence-corrected chi connectivity index (χ3v) is 3.21. The second kappa shape index (κ2) is 5.78. The van der Waals surface area contributed by atoms with Crippen molar-refractivity contribution in [2.75, 3.05) is 0 Å². The average molecular weight is 301 g/mol. The number of hydrogen-bond acceptors (Lipinski definition) is 1. The maximum atomic E-state index is 12.1. The van der Waals surface area contributed by atoms with Crippen LogP contribution in [0.5, 0.6) is 0 Å². The molecule has 0 unspecified atom stereocenters. The fraction of sp³-hybridized carbons (Fsp3) is 0.0625. The van der Waals surface area contributed by atoms with Crippen LogP contribution in [0.25, 0.3) is 6.08 Å². The second-order valence-corrected chi connectivity index (χ2v) is 4.95. The quantitative estimate of drug-likeness (QED) is 0.597. The van der Waals surface area contributed by atoms with E-state index in [-0.39, 0.29) is 5.78 Å². The van der Waals surface area contributed by atoms with Crippen LogP contribution in [0.1, 0.15) is 21.5 Å². The van der Waals surface area contributed by atoms with Gasteiger partial charge in [-0.1, -0.05) is 60.2 Å². The lowest BCUT2D eigenvalue weighted by Gasteiger charge is -2.00. The molecule has 2 aromatic rings. The van der Waals surface area contributed by atoms with Gasteiger partial charge in [0.1, 0.15) is 0 Å². The van der Waals surface area contributed by atoms with E-state index in [0.29, 0.717) is 10.0 Å². The normalized spacial score (nSPS) is 11.3. The predicted octanol–water partition coefficient (Wildman–Crippen LogP) is 4.61. The first-order valence-corrected chi connectivity index (χ1v) is 6.50. The van der Waals surface area contributed by atoms with Crippen LogP contribution in [-0.4, -0.2) is 5.78 Å². The van der Waals surface area contributed by atoms with Crippen molar-refractivity contribution in [1.82, 2.24) is 0 Å². The summed E-state index contributed by atoms with van der Waals surface area (Å²) in [6, 6.07) is 17.3. The van der Waals surface area contributed by atoms with Gasteiger partial charge in [-0.3, -0.25) is 4.79 Å². The minimum absolute atomic E-state index is 0.00354. The van der Waals surface area contributed by atoms with Gasteiger partial charge in [-0.15, -0.1) is 0 Å². The van der Waals surface area contributed by atoms with Crippen molar-refractivity contribution in [2.24, 2.45) is 0 Å². The molecule has 0 saturated carbocycles. The summed E-state index contributed by atoms with van der Waals surface area (Å²) in [6.45, 7) is 2.04. The van der Waals surface area contributed by atoms with Gasteiger partial charge in [0.15, 0.2) is 5.78 Å². The molecule has 0 fully saturated rings. The molecule has 2 aromatic carbocycles. The van der Waals surface area contributed by atoms with Crippen molar-refractivity contribution < 1.29 is 4.79 Å². The highest BCUT2D eigenvalue weighted by atomic mass is 79.9. The van der Waals surface area contributed by atoms with Crippen LogP contribution < -0.4 is 0 Å². The Morgan fingerprint density at radius 3 is 2.22 bits per heavy atom. The van der Waals surface area contributed by atoms with E-state index in [4.69, 9.17) is 0 Å². The van der Waals surface area contributed by atoms with Gasteiger partial charge in [0.05, 0.1) is 4.48 Å². The summed E-state index contributed by atoms with van der Waals surface area (Å²) in [6.07, 6.45) is 1.84. The lowest BCUT2D eigenvalue weighted by atomic mass is 10.1. The molecule has 2 heteroatoms. The first kappa shape index (κ1) is 12.8. The zero-order chi connectivity index (χ0) is 13.0. The first-order valence-electron chi connectivity index (χ1n) is 5.70. The number of allylic oxidation sites excluding steroid dienone is 1. The topological polar surface area (TPSA) is 17.1 Å². The Kier molecular flexibility index (Phi) is 4.11. The predicted molar refractivity (Wildman–Crippen MR) is 78.9 cm³/mol. The van der Waals surface area contributed by atoms with Crippen LogP contribution in [0.3, 0.4) is 0 Å². The highest BCUT2D eigenvalue weighted by Gasteiger charge is 2.08. The maximum Gasteiger partial charge on any atom is 0.199 e. The summed E-state index contributed by atoms with van der Waals surface area (Å²) in [5, 5.41) is 0. The maximum absolute atomic E-state index is 12.1. The minimum atomic E-state index is -0.00354. The van der Waals surface area contributed by atoms with Crippen molar-refractivity contribution in [2.45, 2.75) is 6.92 Å². The molecule has 0 N–H and O–H groups in total. The van der Waals surface area contributed by atoms with Crippen molar-refractivity contribution in [1.29, 1.82) is 0 Å². The number of hydrogen-bond donors (Lipinski definition) is 0. The van der Waals surface area contributed by atoms with Gasteiger partial charge in [-0.25, -0.2) is 0 Å². The molecule has 0 saturated heterocycles. The van der Waals surface area contributed by atoms with Crippen LogP contribution >= 0.6 is 15.9 Å². The van der Waals surface area contributed by atoms with Crippen molar-refractivity contribution >= 4 is 27.8 Å². The lowest BCUT2D eigenvalue weighted by molar-refractivity contribution is 0.104. The van der Waals surface area contributed by atoms with E-state index in [9.17, 15) is 4.79 Å². The molecule has 1 nitrogen and oxygen atoms in total. The lowest BCUT2D eigenvalue weighted by Crippen LogP contribution is -1.97. The van der Waals surface area contributed by atoms with E-state index < -0.39 is 0 Å². The molecule has 0 heterocycles. The molecule has 0 radical (unpaired) electrons. The zero-order valence-electron chi connectivity index (χ0n) is 10.1. The highest BCUT2D eigenvalue weighted by Crippen LogP contribution is 2.18. The number of rotatable bonds is 3. The third kappa shape index (κ3) is 3.17. The largest absolute Gasteiger partial charge is 0.288 e. The Balaban J connectivity index is 2.23. The first-order chi connectivity index (χ1) is 8.66. The van der Waals surface area contributed by atoms with Gasteiger partial charge in [-0.05, 0) is 34.5 Å². The van der Waals surface area contributed by atoms with Crippen LogP contribution in [0.2, 0.25) is 0 Å². The van der Waals surface area contributed by atoms with Gasteiger partial charge in [0, 0.05) is 5.56 Å². The molecule has 0 aliphatic rings. The Morgan fingerprint density at radius 2 is 1.61 bits per heavy atom. The summed E-state index contributed by atoms with van der Waals surface area (Å²) in [5.74, 6) is -0.00354. The summed E-state index contributed by atoms with van der Waals surface area (Å²) in [5.41, 5.74) is 2.90. The molecule has 0 amide bonds. The Hall–Kier alpha value is -1.67. The standard InChI is InChI=1S/C16H13BrO/c1-12-7-9-13(10-8-12)11-15(17)16(18)14-5-3-2-4-6-14/h2-11H,1H3/b15-11-. The summed E-state index contributed by atoms with van der Waals surface area (Å²) in [4.78, 5) is 12.1. The van der Waals surface area contributed by atoms with Crippen molar-refractivity contribution in [3.05, 3.63) is 75.8 Å². The van der Waals surface area contributed by atoms with Gasteiger partial charge in [0.2, 0.25) is 0 Å². The van der Waals surface area contributed by atoms with Crippen LogP contribution in [-0.2, 0) is 0 Å². The smallest absolute Gasteiger partial charge is 0.199 e. The van der Waals surface area contributed by atoms with Crippen molar-refractivity contribution in [3.8, 4) is 0 Å². The Morgan fingerprint density at radius 1 is 1.00 bits per heavy atom. The number of Topliss-reactive ketones (excluding diaryl/α,β-unsaturated/α-hetero) is 1. The fourth-order valence-corrected chi connectivity index (χ4v) is 2.10. The summed E-state index contributed by atoms with van der Waals surface area (Å²) >= 11 is 3.35. The Labute approximate surface area is 115 Å². The van der Waals surface area contributed by atoms with E-state index in [0.717, 1.165) is 5.56 Å². The van der Waals surface area contributed by atoms with Gasteiger partial charge < -0.3 is 0 Å². The monoisotopic (exact) mass is 300 g/mol. The second-order valence-electron chi connectivity index (χ2n) is 4.10. The van der Waals surface area contributed by atoms with Crippen molar-refractivity contribution in [3.63, 3.8) is 0 Å². The molecular formula is C16H13BrO. The van der Waals surface area contributed by atoms with E-state index in [2.05, 4.69) is 15.9 Å². The number of ketones is 1. The molecule has 0 atom stereocenters. The van der Waals surface area contributed by atoms with Crippen LogP contribution in [0, 0.1) is 6.92 Å². The number of aryl methyl sites for hydroxylation is 1. The van der Waals surface area contributed by atoms with Gasteiger partial charge >= 0.3 is 0 Å². The van der Waals surface area contributed by atoms with Crippen LogP contribution in [0.4, 0.5) is 0 Å². The van der Waals surface area contributed by atoms with Crippen LogP contribution in [0.15, 0.2) is 59.1 Å². The number of halogens is 1. The van der Waals surface area contributed by atoms with Gasteiger partial charge in [-0.2, -0.15) is 0 Å². The van der Waals surface area contributed by atoms with E-state index >= 15 is 0 Å². The molecule has 2 rings (SSSR count). The highest BCUT2D eigenvalue weighted by molar-refractivity contribution is 9.12. The van der Waals surface area contributed by atoms with E-state index in [1.807, 2.05) is 67.6 Å². The molecule has 0 aromatic heterocycles. The third-order valence-electron chi connectivity index (χ3n) is 2.62. The summed E-state index contributed by atoms with van der Waals surface area (Å²) in [7, 11) is 0. The molecule has 0 spiro atoms. The van der Waals surface area contributed by atoms with Gasteiger partial charge in [0.25, 0.3) is 0 Å². The van der Waals surface area contributed by atoms with E-state index in [1.165, 1.54) is 5.56 Å². The number of carbonyl (C=O) groups excluding carboxylic acids is 1. The van der Waals surface area contributed by atoms with E-state index in [1.54, 1.807) is 0 Å². The zero-order valence-corrected chi connectivity index (χ0v) is 11.6. The molecule has 0 bridgehead atoms. The summed E-state index contributed by atoms with van der Waals surface area (Å²) < 4.78 is 0.567. The average Bonchev–Trinajstić information content (AvgIpc) is 2.41. The SMILES string of the molecule is Cc1ccc(/C=C(\Br)C(=O)c2ccccc2)cc1. The molecule has 0 aliphatic carbocycles. The minimum Gasteiger partial charge on any atom is -0.288 e. The molecular weight excluding hydrogens is 288 g/mol. The Bertz CT molecular complexity index is 568. The molecule has 90 valence electrons.